The predicted molar refractivity (Wildman–Crippen MR) is 125 cm³/mol. The van der Waals surface area contributed by atoms with Gasteiger partial charge in [0.05, 0.1) is 6.10 Å². The summed E-state index contributed by atoms with van der Waals surface area (Å²) in [5.41, 5.74) is 0.488. The fraction of sp³-hybridized carbons (Fsp3) is 0.292. The van der Waals surface area contributed by atoms with E-state index in [-0.39, 0.29) is 30.3 Å². The van der Waals surface area contributed by atoms with E-state index in [0.717, 1.165) is 11.1 Å². The number of carbonyl (C=O) groups is 3. The number of nitrogens with one attached hydrogen (secondary N) is 2. The third-order valence-electron chi connectivity index (χ3n) is 5.88. The highest BCUT2D eigenvalue weighted by Crippen LogP contribution is 2.24. The van der Waals surface area contributed by atoms with E-state index in [9.17, 15) is 19.5 Å². The number of amides is 2. The summed E-state index contributed by atoms with van der Waals surface area (Å²) in [7, 11) is 0. The van der Waals surface area contributed by atoms with Gasteiger partial charge in [0.25, 0.3) is 5.91 Å². The molecule has 34 heavy (non-hydrogen) atoms. The van der Waals surface area contributed by atoms with E-state index in [2.05, 4.69) is 20.6 Å². The average Bonchev–Trinajstić information content (AvgIpc) is 3.42. The summed E-state index contributed by atoms with van der Waals surface area (Å²) >= 11 is 1.30. The number of phenols is 1. The molecule has 9 nitrogen and oxygen atoms in total. The highest BCUT2D eigenvalue weighted by Gasteiger charge is 2.47. The van der Waals surface area contributed by atoms with E-state index in [1.807, 2.05) is 6.07 Å². The monoisotopic (exact) mass is 480 g/mol. The minimum Gasteiger partial charge on any atom is -0.508 e. The van der Waals surface area contributed by atoms with Crippen LogP contribution in [0.5, 0.6) is 5.75 Å². The van der Waals surface area contributed by atoms with Crippen molar-refractivity contribution in [2.24, 2.45) is 0 Å². The number of thiazole rings is 1. The van der Waals surface area contributed by atoms with Crippen molar-refractivity contribution in [1.82, 2.24) is 20.6 Å². The Morgan fingerprint density at radius 2 is 2.06 bits per heavy atom. The molecule has 4 rings (SSSR count). The summed E-state index contributed by atoms with van der Waals surface area (Å²) in [5.74, 6) is -1.17. The van der Waals surface area contributed by atoms with Crippen LogP contribution >= 0.6 is 11.3 Å². The summed E-state index contributed by atoms with van der Waals surface area (Å²) in [5, 5.41) is 17.3. The van der Waals surface area contributed by atoms with Crippen LogP contribution in [-0.2, 0) is 20.7 Å². The maximum absolute atomic E-state index is 13.3. The van der Waals surface area contributed by atoms with E-state index in [0.29, 0.717) is 5.01 Å². The Morgan fingerprint density at radius 1 is 1.29 bits per heavy atom. The number of Topliss-reactive ketones (excluding diaryl/α,β-unsaturated/α-hetero) is 1. The Labute approximate surface area is 200 Å². The van der Waals surface area contributed by atoms with Crippen molar-refractivity contribution in [3.63, 3.8) is 0 Å². The summed E-state index contributed by atoms with van der Waals surface area (Å²) in [6.07, 6.45) is 2.95. The number of rotatable bonds is 7. The average molecular weight is 481 g/mol. The first-order valence-electron chi connectivity index (χ1n) is 10.7. The number of hydrogen-bond acceptors (Lipinski definition) is 8. The van der Waals surface area contributed by atoms with Gasteiger partial charge in [0, 0.05) is 29.8 Å². The Hall–Kier alpha value is -3.63. The molecule has 1 aliphatic heterocycles. The lowest BCUT2D eigenvalue weighted by atomic mass is 9.92. The molecule has 1 fully saturated rings. The van der Waals surface area contributed by atoms with Gasteiger partial charge in [-0.1, -0.05) is 12.1 Å². The molecule has 2 amide bonds. The van der Waals surface area contributed by atoms with Gasteiger partial charge in [-0.15, -0.1) is 11.3 Å². The quantitative estimate of drug-likeness (QED) is 0.472. The minimum absolute atomic E-state index is 0.0805. The van der Waals surface area contributed by atoms with Crippen LogP contribution in [0, 0.1) is 0 Å². The number of benzene rings is 1. The first-order chi connectivity index (χ1) is 16.3. The standard InChI is InChI=1S/C24H24N4O5S/c1-14-24(2,20(30)12-33-14)28-22(32)18(10-15-5-7-17(29)8-6-15)26-21(31)19-13-34-23(27-19)16-4-3-9-25-11-16/h3-9,11,13-14,18,29H,10,12H2,1-2H3,(H,26,31)(H,28,32)/t14-,18?,24-/m1/s1. The van der Waals surface area contributed by atoms with Crippen molar-refractivity contribution in [3.8, 4) is 16.3 Å². The lowest BCUT2D eigenvalue weighted by Crippen LogP contribution is -2.60. The van der Waals surface area contributed by atoms with Crippen molar-refractivity contribution in [3.05, 3.63) is 65.4 Å². The molecule has 0 bridgehead atoms. The van der Waals surface area contributed by atoms with Crippen LogP contribution in [0.4, 0.5) is 0 Å². The van der Waals surface area contributed by atoms with Gasteiger partial charge in [-0.2, -0.15) is 0 Å². The third-order valence-corrected chi connectivity index (χ3v) is 6.77. The number of ether oxygens (including phenoxy) is 1. The molecular formula is C24H24N4O5S. The molecule has 0 aliphatic carbocycles. The molecular weight excluding hydrogens is 456 g/mol. The summed E-state index contributed by atoms with van der Waals surface area (Å²) < 4.78 is 5.39. The maximum Gasteiger partial charge on any atom is 0.271 e. The molecule has 0 radical (unpaired) electrons. The Kier molecular flexibility index (Phi) is 6.71. The molecule has 2 aromatic heterocycles. The zero-order valence-corrected chi connectivity index (χ0v) is 19.5. The van der Waals surface area contributed by atoms with Crippen LogP contribution in [0.15, 0.2) is 54.2 Å². The largest absolute Gasteiger partial charge is 0.508 e. The molecule has 3 atom stereocenters. The lowest BCUT2D eigenvalue weighted by molar-refractivity contribution is -0.130. The van der Waals surface area contributed by atoms with E-state index in [1.165, 1.54) is 23.5 Å². The molecule has 1 aromatic carbocycles. The second kappa shape index (κ2) is 9.70. The molecule has 1 unspecified atom stereocenters. The van der Waals surface area contributed by atoms with Crippen LogP contribution in [0.3, 0.4) is 0 Å². The number of phenolic OH excluding ortho intramolecular Hbond substituents is 1. The first kappa shape index (κ1) is 23.5. The number of aromatic nitrogens is 2. The first-order valence-corrected chi connectivity index (χ1v) is 11.6. The number of pyridine rings is 1. The third kappa shape index (κ3) is 4.97. The van der Waals surface area contributed by atoms with Crippen molar-refractivity contribution in [2.75, 3.05) is 6.61 Å². The highest BCUT2D eigenvalue weighted by molar-refractivity contribution is 7.13. The fourth-order valence-corrected chi connectivity index (χ4v) is 4.36. The zero-order valence-electron chi connectivity index (χ0n) is 18.6. The number of carbonyl (C=O) groups excluding carboxylic acids is 3. The van der Waals surface area contributed by atoms with Gasteiger partial charge in [0.15, 0.2) is 5.78 Å². The van der Waals surface area contributed by atoms with Crippen molar-refractivity contribution in [1.29, 1.82) is 0 Å². The van der Waals surface area contributed by atoms with Crippen LogP contribution in [0.2, 0.25) is 0 Å². The topological polar surface area (TPSA) is 131 Å². The van der Waals surface area contributed by atoms with Gasteiger partial charge < -0.3 is 20.5 Å². The smallest absolute Gasteiger partial charge is 0.271 e. The fourth-order valence-electron chi connectivity index (χ4n) is 3.57. The molecule has 1 aliphatic rings. The van der Waals surface area contributed by atoms with Gasteiger partial charge in [-0.25, -0.2) is 4.98 Å². The zero-order chi connectivity index (χ0) is 24.3. The predicted octanol–water partition coefficient (Wildman–Crippen LogP) is 2.11. The van der Waals surface area contributed by atoms with Gasteiger partial charge >= 0.3 is 0 Å². The normalized spacial score (nSPS) is 20.6. The van der Waals surface area contributed by atoms with E-state index in [1.54, 1.807) is 49.8 Å². The summed E-state index contributed by atoms with van der Waals surface area (Å²) in [6, 6.07) is 8.98. The summed E-state index contributed by atoms with van der Waals surface area (Å²) in [6.45, 7) is 3.25. The van der Waals surface area contributed by atoms with Crippen molar-refractivity contribution in [2.45, 2.75) is 38.0 Å². The second-order valence-corrected chi connectivity index (χ2v) is 9.10. The Balaban J connectivity index is 1.54. The molecule has 3 heterocycles. The molecule has 0 saturated carbocycles. The van der Waals surface area contributed by atoms with Crippen molar-refractivity contribution < 1.29 is 24.2 Å². The molecule has 3 N–H and O–H groups in total. The maximum atomic E-state index is 13.3. The van der Waals surface area contributed by atoms with Crippen molar-refractivity contribution >= 4 is 28.9 Å². The minimum atomic E-state index is -1.19. The molecule has 176 valence electrons. The second-order valence-electron chi connectivity index (χ2n) is 8.24. The number of hydrogen-bond donors (Lipinski definition) is 3. The van der Waals surface area contributed by atoms with E-state index in [4.69, 9.17) is 4.74 Å². The lowest BCUT2D eigenvalue weighted by Gasteiger charge is -2.29. The Bertz CT molecular complexity index is 1200. The van der Waals surface area contributed by atoms with Gasteiger partial charge in [0.1, 0.15) is 34.6 Å². The number of nitrogens with zero attached hydrogens (tertiary/aromatic N) is 2. The molecule has 10 heteroatoms. The molecule has 3 aromatic rings. The van der Waals surface area contributed by atoms with Crippen LogP contribution in [-0.4, -0.2) is 57.0 Å². The van der Waals surface area contributed by atoms with Crippen LogP contribution in [0.1, 0.15) is 29.9 Å². The molecule has 0 spiro atoms. The summed E-state index contributed by atoms with van der Waals surface area (Å²) in [4.78, 5) is 47.1. The SMILES string of the molecule is C[C@H]1OCC(=O)[C@]1(C)NC(=O)C(Cc1ccc(O)cc1)NC(=O)c1csc(-c2cccnc2)n1. The highest BCUT2D eigenvalue weighted by atomic mass is 32.1. The number of aromatic hydroxyl groups is 1. The van der Waals surface area contributed by atoms with Gasteiger partial charge in [-0.05, 0) is 43.7 Å². The Morgan fingerprint density at radius 3 is 2.71 bits per heavy atom. The van der Waals surface area contributed by atoms with E-state index >= 15 is 0 Å². The number of ketones is 1. The van der Waals surface area contributed by atoms with Gasteiger partial charge in [-0.3, -0.25) is 19.4 Å². The van der Waals surface area contributed by atoms with Crippen LogP contribution < -0.4 is 10.6 Å². The van der Waals surface area contributed by atoms with E-state index < -0.39 is 29.5 Å². The molecule has 1 saturated heterocycles. The van der Waals surface area contributed by atoms with Crippen LogP contribution in [0.25, 0.3) is 10.6 Å². The van der Waals surface area contributed by atoms with Gasteiger partial charge in [0.2, 0.25) is 5.91 Å².